The predicted molar refractivity (Wildman–Crippen MR) is 101 cm³/mol. The molecule has 1 atom stereocenters. The second kappa shape index (κ2) is 8.36. The zero-order valence-electron chi connectivity index (χ0n) is 15.6. The Labute approximate surface area is 166 Å². The van der Waals surface area contributed by atoms with E-state index < -0.39 is 0 Å². The molecular formula is C20H20FN5O3. The second-order valence-corrected chi connectivity index (χ2v) is 6.90. The maximum absolute atomic E-state index is 13.2. The van der Waals surface area contributed by atoms with Crippen LogP contribution in [0.1, 0.15) is 28.8 Å². The van der Waals surface area contributed by atoms with E-state index in [1.165, 1.54) is 29.2 Å². The van der Waals surface area contributed by atoms with E-state index in [0.29, 0.717) is 18.8 Å². The second-order valence-electron chi connectivity index (χ2n) is 6.90. The van der Waals surface area contributed by atoms with Gasteiger partial charge in [-0.25, -0.2) is 9.07 Å². The average Bonchev–Trinajstić information content (AvgIpc) is 3.43. The van der Waals surface area contributed by atoms with E-state index in [1.54, 1.807) is 29.2 Å². The van der Waals surface area contributed by atoms with E-state index >= 15 is 0 Å². The van der Waals surface area contributed by atoms with Crippen LogP contribution in [0.15, 0.2) is 48.8 Å². The molecule has 1 aliphatic heterocycles. The number of halogens is 1. The van der Waals surface area contributed by atoms with Crippen LogP contribution >= 0.6 is 0 Å². The zero-order chi connectivity index (χ0) is 20.2. The lowest BCUT2D eigenvalue weighted by Gasteiger charge is -2.26. The number of rotatable bonds is 6. The number of phenolic OH excluding ortho intramolecular Hbond substituents is 1. The SMILES string of the molecule is O=C(c1ccc(-n2cnnn2)cc1O)N(Cc1ccc(F)cc1)CC1CCCO1. The maximum Gasteiger partial charge on any atom is 0.258 e. The monoisotopic (exact) mass is 397 g/mol. The quantitative estimate of drug-likeness (QED) is 0.686. The van der Waals surface area contributed by atoms with Crippen LogP contribution in [0.5, 0.6) is 5.75 Å². The van der Waals surface area contributed by atoms with Crippen LogP contribution in [-0.4, -0.2) is 55.4 Å². The van der Waals surface area contributed by atoms with Gasteiger partial charge in [-0.3, -0.25) is 4.79 Å². The molecule has 4 rings (SSSR count). The smallest absolute Gasteiger partial charge is 0.258 e. The van der Waals surface area contributed by atoms with E-state index in [2.05, 4.69) is 15.5 Å². The van der Waals surface area contributed by atoms with Gasteiger partial charge in [-0.05, 0) is 53.1 Å². The third-order valence-corrected chi connectivity index (χ3v) is 4.85. The van der Waals surface area contributed by atoms with Crippen molar-refractivity contribution >= 4 is 5.91 Å². The number of ether oxygens (including phenoxy) is 1. The van der Waals surface area contributed by atoms with E-state index in [9.17, 15) is 14.3 Å². The molecule has 29 heavy (non-hydrogen) atoms. The highest BCUT2D eigenvalue weighted by Crippen LogP contribution is 2.24. The van der Waals surface area contributed by atoms with E-state index in [1.807, 2.05) is 0 Å². The summed E-state index contributed by atoms with van der Waals surface area (Å²) in [5, 5.41) is 21.4. The number of phenols is 1. The van der Waals surface area contributed by atoms with Crippen molar-refractivity contribution in [2.45, 2.75) is 25.5 Å². The number of nitrogens with zero attached hydrogens (tertiary/aromatic N) is 5. The highest BCUT2D eigenvalue weighted by Gasteiger charge is 2.25. The van der Waals surface area contributed by atoms with Crippen molar-refractivity contribution in [1.82, 2.24) is 25.1 Å². The summed E-state index contributed by atoms with van der Waals surface area (Å²) in [4.78, 5) is 14.8. The Morgan fingerprint density at radius 2 is 2.10 bits per heavy atom. The molecule has 1 aliphatic rings. The molecule has 1 unspecified atom stereocenters. The Morgan fingerprint density at radius 3 is 2.76 bits per heavy atom. The molecule has 1 fully saturated rings. The number of amides is 1. The van der Waals surface area contributed by atoms with Gasteiger partial charge in [-0.2, -0.15) is 0 Å². The average molecular weight is 397 g/mol. The van der Waals surface area contributed by atoms with Gasteiger partial charge in [-0.1, -0.05) is 12.1 Å². The molecule has 0 radical (unpaired) electrons. The number of aromatic nitrogens is 4. The molecule has 1 aromatic heterocycles. The molecule has 0 spiro atoms. The minimum Gasteiger partial charge on any atom is -0.507 e. The molecule has 1 N–H and O–H groups in total. The number of hydrogen-bond acceptors (Lipinski definition) is 6. The van der Waals surface area contributed by atoms with Gasteiger partial charge in [0, 0.05) is 25.8 Å². The van der Waals surface area contributed by atoms with Crippen molar-refractivity contribution in [1.29, 1.82) is 0 Å². The molecular weight excluding hydrogens is 377 g/mol. The number of carbonyl (C=O) groups is 1. The maximum atomic E-state index is 13.2. The van der Waals surface area contributed by atoms with Gasteiger partial charge in [0.15, 0.2) is 0 Å². The van der Waals surface area contributed by atoms with Crippen LogP contribution in [0.3, 0.4) is 0 Å². The van der Waals surface area contributed by atoms with Crippen molar-refractivity contribution < 1.29 is 19.0 Å². The summed E-state index contributed by atoms with van der Waals surface area (Å²) in [5.41, 5.74) is 1.50. The molecule has 0 bridgehead atoms. The molecule has 2 heterocycles. The lowest BCUT2D eigenvalue weighted by molar-refractivity contribution is 0.0505. The first-order valence-corrected chi connectivity index (χ1v) is 9.32. The van der Waals surface area contributed by atoms with Crippen molar-refractivity contribution in [2.75, 3.05) is 13.2 Å². The van der Waals surface area contributed by atoms with Crippen molar-refractivity contribution in [3.63, 3.8) is 0 Å². The molecule has 0 aliphatic carbocycles. The van der Waals surface area contributed by atoms with Crippen molar-refractivity contribution in [3.8, 4) is 11.4 Å². The third kappa shape index (κ3) is 4.40. The minimum absolute atomic E-state index is 0.0537. The van der Waals surface area contributed by atoms with Gasteiger partial charge >= 0.3 is 0 Å². The van der Waals surface area contributed by atoms with E-state index in [-0.39, 0.29) is 35.7 Å². The molecule has 0 saturated carbocycles. The van der Waals surface area contributed by atoms with Crippen LogP contribution in [-0.2, 0) is 11.3 Å². The first-order valence-electron chi connectivity index (χ1n) is 9.32. The predicted octanol–water partition coefficient (Wildman–Crippen LogP) is 2.33. The van der Waals surface area contributed by atoms with E-state index in [0.717, 1.165) is 18.4 Å². The molecule has 1 saturated heterocycles. The fourth-order valence-corrected chi connectivity index (χ4v) is 3.36. The summed E-state index contributed by atoms with van der Waals surface area (Å²) in [7, 11) is 0. The molecule has 1 amide bonds. The van der Waals surface area contributed by atoms with Gasteiger partial charge in [0.1, 0.15) is 17.9 Å². The van der Waals surface area contributed by atoms with Crippen LogP contribution in [0, 0.1) is 5.82 Å². The van der Waals surface area contributed by atoms with Gasteiger partial charge < -0.3 is 14.7 Å². The Bertz CT molecular complexity index is 972. The van der Waals surface area contributed by atoms with Crippen LogP contribution < -0.4 is 0 Å². The number of aromatic hydroxyl groups is 1. The number of tetrazole rings is 1. The third-order valence-electron chi connectivity index (χ3n) is 4.85. The molecule has 2 aromatic carbocycles. The number of carbonyl (C=O) groups excluding carboxylic acids is 1. The van der Waals surface area contributed by atoms with Crippen LogP contribution in [0.2, 0.25) is 0 Å². The van der Waals surface area contributed by atoms with Crippen LogP contribution in [0.25, 0.3) is 5.69 Å². The largest absolute Gasteiger partial charge is 0.507 e. The fraction of sp³-hybridized carbons (Fsp3) is 0.300. The van der Waals surface area contributed by atoms with Crippen LogP contribution in [0.4, 0.5) is 4.39 Å². The summed E-state index contributed by atoms with van der Waals surface area (Å²) < 4.78 is 20.3. The van der Waals surface area contributed by atoms with E-state index in [4.69, 9.17) is 4.74 Å². The zero-order valence-corrected chi connectivity index (χ0v) is 15.6. The minimum atomic E-state index is -0.332. The van der Waals surface area contributed by atoms with Gasteiger partial charge in [0.05, 0.1) is 17.4 Å². The molecule has 9 heteroatoms. The molecule has 150 valence electrons. The van der Waals surface area contributed by atoms with Gasteiger partial charge in [-0.15, -0.1) is 5.10 Å². The Balaban J connectivity index is 1.58. The molecule has 8 nitrogen and oxygen atoms in total. The highest BCUT2D eigenvalue weighted by molar-refractivity contribution is 5.97. The molecule has 3 aromatic rings. The lowest BCUT2D eigenvalue weighted by atomic mass is 10.1. The number of hydrogen-bond donors (Lipinski definition) is 1. The fourth-order valence-electron chi connectivity index (χ4n) is 3.36. The number of benzene rings is 2. The first kappa shape index (κ1) is 19.0. The summed E-state index contributed by atoms with van der Waals surface area (Å²) in [6.45, 7) is 1.35. The Hall–Kier alpha value is -3.33. The topological polar surface area (TPSA) is 93.4 Å². The van der Waals surface area contributed by atoms with Gasteiger partial charge in [0.25, 0.3) is 5.91 Å². The van der Waals surface area contributed by atoms with Crippen molar-refractivity contribution in [3.05, 3.63) is 65.7 Å². The highest BCUT2D eigenvalue weighted by atomic mass is 19.1. The summed E-state index contributed by atoms with van der Waals surface area (Å²) in [5.74, 6) is -0.827. The summed E-state index contributed by atoms with van der Waals surface area (Å²) >= 11 is 0. The lowest BCUT2D eigenvalue weighted by Crippen LogP contribution is -2.37. The standard InChI is InChI=1S/C20H20FN5O3/c21-15-5-3-14(4-6-15)11-25(12-17-2-1-9-29-17)20(28)18-8-7-16(10-19(18)27)26-13-22-23-24-26/h3-8,10,13,17,27H,1-2,9,11-12H2. The normalized spacial score (nSPS) is 16.1. The first-order chi connectivity index (χ1) is 14.1. The van der Waals surface area contributed by atoms with Gasteiger partial charge in [0.2, 0.25) is 0 Å². The Kier molecular flexibility index (Phi) is 5.48. The van der Waals surface area contributed by atoms with Crippen molar-refractivity contribution in [2.24, 2.45) is 0 Å². The summed E-state index contributed by atoms with van der Waals surface area (Å²) in [6.07, 6.45) is 3.17. The Morgan fingerprint density at radius 1 is 1.28 bits per heavy atom. The summed E-state index contributed by atoms with van der Waals surface area (Å²) in [6, 6.07) is 10.7.